The van der Waals surface area contributed by atoms with Crippen LogP contribution in [0.15, 0.2) is 26.1 Å². The van der Waals surface area contributed by atoms with E-state index in [-0.39, 0.29) is 51.7 Å². The van der Waals surface area contributed by atoms with Gasteiger partial charge in [0.15, 0.2) is 16.9 Å². The van der Waals surface area contributed by atoms with Gasteiger partial charge in [-0.05, 0) is 74.2 Å². The number of ether oxygens (including phenoxy) is 3. The van der Waals surface area contributed by atoms with Crippen molar-refractivity contribution in [1.82, 2.24) is 4.90 Å². The zero-order valence-corrected chi connectivity index (χ0v) is 33.8. The molecule has 13 nitrogen and oxygen atoms in total. The number of phenolic OH excluding ortho intramolecular Hbond substituents is 1. The maximum absolute atomic E-state index is 15.6. The van der Waals surface area contributed by atoms with Gasteiger partial charge in [0.25, 0.3) is 0 Å². The Morgan fingerprint density at radius 1 is 0.983 bits per heavy atom. The monoisotopic (exact) mass is 809 g/mol. The van der Waals surface area contributed by atoms with Gasteiger partial charge in [0.05, 0.1) is 68.2 Å². The topological polar surface area (TPSA) is 184 Å². The number of hydrogen-bond donors (Lipinski definition) is 5. The Labute approximate surface area is 338 Å². The number of aliphatic hydroxyl groups is 2. The highest BCUT2D eigenvalue weighted by atomic mass is 32.2. The van der Waals surface area contributed by atoms with Crippen LogP contribution in [0.1, 0.15) is 74.6 Å². The van der Waals surface area contributed by atoms with E-state index in [0.717, 1.165) is 52.0 Å². The Hall–Kier alpha value is -4.73. The summed E-state index contributed by atoms with van der Waals surface area (Å²) in [5, 5.41) is 44.1. The summed E-state index contributed by atoms with van der Waals surface area (Å²) < 4.78 is 16.9. The summed E-state index contributed by atoms with van der Waals surface area (Å²) in [6.45, 7) is 7.36. The van der Waals surface area contributed by atoms with E-state index < -0.39 is 42.3 Å². The number of morpholine rings is 1. The van der Waals surface area contributed by atoms with Gasteiger partial charge in [-0.1, -0.05) is 11.6 Å². The maximum atomic E-state index is 15.6. The molecule has 304 valence electrons. The summed E-state index contributed by atoms with van der Waals surface area (Å²) in [5.74, 6) is -1.86. The second-order valence-electron chi connectivity index (χ2n) is 15.9. The zero-order chi connectivity index (χ0) is 40.7. The average Bonchev–Trinajstić information content (AvgIpc) is 3.36. The molecule has 5 N–H and O–H groups in total. The fraction of sp³-hybridized carbons (Fsp3) is 0.455. The summed E-state index contributed by atoms with van der Waals surface area (Å²) >= 11 is 1.32. The lowest BCUT2D eigenvalue weighted by molar-refractivity contribution is -0.143. The highest BCUT2D eigenvalue weighted by Gasteiger charge is 2.40. The van der Waals surface area contributed by atoms with Crippen LogP contribution in [-0.2, 0) is 32.3 Å². The summed E-state index contributed by atoms with van der Waals surface area (Å²) in [7, 11) is 1.38. The maximum Gasteiger partial charge on any atom is 0.329 e. The fourth-order valence-corrected chi connectivity index (χ4v) is 11.6. The molecule has 4 aliphatic rings. The molecule has 0 spiro atoms. The highest BCUT2D eigenvalue weighted by Crippen LogP contribution is 2.57. The molecule has 2 heterocycles. The Kier molecular flexibility index (Phi) is 9.91. The van der Waals surface area contributed by atoms with E-state index >= 15 is 4.79 Å². The van der Waals surface area contributed by atoms with E-state index in [2.05, 4.69) is 15.5 Å². The van der Waals surface area contributed by atoms with E-state index in [0.29, 0.717) is 76.9 Å². The molecule has 1 saturated carbocycles. The van der Waals surface area contributed by atoms with E-state index in [1.54, 1.807) is 6.92 Å². The summed E-state index contributed by atoms with van der Waals surface area (Å²) in [6, 6.07) is 0.827. The third-order valence-corrected chi connectivity index (χ3v) is 14.1. The molecular formula is C44H47N3O10S. The largest absolute Gasteiger partial charge is 0.504 e. The minimum Gasteiger partial charge on any atom is -0.504 e. The number of aromatic hydroxyl groups is 1. The lowest BCUT2D eigenvalue weighted by atomic mass is 9.79. The van der Waals surface area contributed by atoms with Crippen LogP contribution in [0.4, 0.5) is 11.4 Å². The Morgan fingerprint density at radius 2 is 1.71 bits per heavy atom. The number of benzene rings is 5. The number of nitrogens with one attached hydrogen (secondary N) is 2. The number of esters is 1. The fourth-order valence-electron chi connectivity index (χ4n) is 10.4. The Morgan fingerprint density at radius 3 is 2.36 bits per heavy atom. The molecule has 2 aliphatic carbocycles. The summed E-state index contributed by atoms with van der Waals surface area (Å²) in [6.07, 6.45) is 5.35. The summed E-state index contributed by atoms with van der Waals surface area (Å²) in [5.41, 5.74) is 1.98. The molecule has 14 heteroatoms. The molecule has 2 unspecified atom stereocenters. The number of carbonyl (C=O) groups excluding carboxylic acids is 2. The van der Waals surface area contributed by atoms with Crippen LogP contribution in [0.5, 0.6) is 11.5 Å². The van der Waals surface area contributed by atoms with Crippen LogP contribution in [0.25, 0.3) is 49.2 Å². The number of allylic oxidation sites excluding steroid dienone is 1. The lowest BCUT2D eigenvalue weighted by Gasteiger charge is -2.39. The number of fused-ring (bicyclic) bond motifs is 3. The van der Waals surface area contributed by atoms with Gasteiger partial charge in [0.1, 0.15) is 11.8 Å². The van der Waals surface area contributed by atoms with Gasteiger partial charge in [0.2, 0.25) is 5.43 Å². The molecule has 0 radical (unpaired) electrons. The molecule has 2 atom stereocenters. The lowest BCUT2D eigenvalue weighted by Crippen LogP contribution is -2.46. The second-order valence-corrected chi connectivity index (χ2v) is 17.0. The highest BCUT2D eigenvalue weighted by molar-refractivity contribution is 7.99. The van der Waals surface area contributed by atoms with Crippen molar-refractivity contribution in [2.45, 2.75) is 88.6 Å². The molecule has 2 fully saturated rings. The molecule has 5 aromatic rings. The van der Waals surface area contributed by atoms with Crippen molar-refractivity contribution in [1.29, 1.82) is 0 Å². The van der Waals surface area contributed by atoms with Gasteiger partial charge >= 0.3 is 5.97 Å². The standard InChI is InChI=1S/C44H47N3O10S/c1-5-57-44(54)26-18-58-43-25(17-49)31-29-21(16-48)15-27(51)32-33(29)35-30-24(14-19(2)28(20(3)50)36(35)42(55-4)41(32)53)38(40(52)37(34(30)31)39(43)46-26)45-22-6-8-23(9-7-22)47-10-12-56-13-11-47/h14-15,22-23,26,28,45-46,48-49,53H,5-13,16-18H2,1-4H3. The van der Waals surface area contributed by atoms with E-state index in [9.17, 15) is 29.7 Å². The first-order valence-electron chi connectivity index (χ1n) is 20.1. The van der Waals surface area contributed by atoms with Gasteiger partial charge in [-0.3, -0.25) is 19.3 Å². The molecule has 0 aromatic heterocycles. The third kappa shape index (κ3) is 5.66. The van der Waals surface area contributed by atoms with Gasteiger partial charge in [0, 0.05) is 68.7 Å². The number of ketones is 1. The van der Waals surface area contributed by atoms with Crippen LogP contribution in [0.3, 0.4) is 0 Å². The van der Waals surface area contributed by atoms with Crippen molar-refractivity contribution in [3.05, 3.63) is 54.3 Å². The number of nitrogens with zero attached hydrogens (tertiary/aromatic N) is 1. The number of thioether (sulfide) groups is 1. The number of hydrogen-bond acceptors (Lipinski definition) is 14. The molecule has 1 saturated heterocycles. The van der Waals surface area contributed by atoms with Crippen molar-refractivity contribution in [3.63, 3.8) is 0 Å². The van der Waals surface area contributed by atoms with Crippen LogP contribution in [0, 0.1) is 0 Å². The molecule has 5 aromatic carbocycles. The Balaban J connectivity index is 1.44. The van der Waals surface area contributed by atoms with Gasteiger partial charge < -0.3 is 40.2 Å². The molecule has 9 rings (SSSR count). The van der Waals surface area contributed by atoms with Gasteiger partial charge in [-0.2, -0.15) is 0 Å². The van der Waals surface area contributed by atoms with Gasteiger partial charge in [-0.25, -0.2) is 4.79 Å². The van der Waals surface area contributed by atoms with E-state index in [1.807, 2.05) is 13.0 Å². The quantitative estimate of drug-likeness (QED) is 0.0745. The summed E-state index contributed by atoms with van der Waals surface area (Å²) in [4.78, 5) is 59.9. The number of Topliss-reactive ketones (excluding diaryl/α,β-unsaturated/α-hetero) is 1. The van der Waals surface area contributed by atoms with Crippen molar-refractivity contribution >= 4 is 84.1 Å². The van der Waals surface area contributed by atoms with Crippen molar-refractivity contribution in [3.8, 4) is 11.5 Å². The van der Waals surface area contributed by atoms with Crippen molar-refractivity contribution in [2.75, 3.05) is 56.4 Å². The predicted molar refractivity (Wildman–Crippen MR) is 225 cm³/mol. The first-order valence-corrected chi connectivity index (χ1v) is 21.1. The molecule has 0 bridgehead atoms. The Bertz CT molecular complexity index is 2690. The first-order chi connectivity index (χ1) is 28.0. The number of aliphatic hydroxyl groups excluding tert-OH is 2. The van der Waals surface area contributed by atoms with Crippen LogP contribution in [-0.4, -0.2) is 95.9 Å². The SMILES string of the molecule is CCOC(=O)C1CSc2c(c3c(=O)c(NC4CCC(N5CCOCC5)CC4)c4c5c6c(c(OC)c(O)c7c(=O)cc(CO)c(c(c2CO)c35)c76)C(C(C)=O)C(C)=C4)N1. The van der Waals surface area contributed by atoms with E-state index in [1.165, 1.54) is 31.9 Å². The molecular weight excluding hydrogens is 763 g/mol. The van der Waals surface area contributed by atoms with Crippen LogP contribution in [0.2, 0.25) is 0 Å². The second kappa shape index (κ2) is 14.8. The number of phenols is 1. The van der Waals surface area contributed by atoms with Crippen molar-refractivity contribution < 1.29 is 39.1 Å². The molecule has 2 aliphatic heterocycles. The third-order valence-electron chi connectivity index (χ3n) is 12.8. The smallest absolute Gasteiger partial charge is 0.329 e. The minimum atomic E-state index is -0.936. The van der Waals surface area contributed by atoms with Crippen molar-refractivity contribution in [2.24, 2.45) is 0 Å². The first kappa shape index (κ1) is 38.8. The molecule has 58 heavy (non-hydrogen) atoms. The van der Waals surface area contributed by atoms with Crippen LogP contribution >= 0.6 is 11.8 Å². The average molecular weight is 810 g/mol. The normalized spacial score (nSPS) is 22.3. The van der Waals surface area contributed by atoms with Crippen LogP contribution < -0.4 is 26.2 Å². The van der Waals surface area contributed by atoms with E-state index in [4.69, 9.17) is 14.2 Å². The predicted octanol–water partition coefficient (Wildman–Crippen LogP) is 5.19. The zero-order valence-electron chi connectivity index (χ0n) is 33.0. The number of carbonyl (C=O) groups is 2. The number of rotatable bonds is 9. The van der Waals surface area contributed by atoms with Gasteiger partial charge in [-0.15, -0.1) is 11.8 Å². The molecule has 0 amide bonds. The minimum absolute atomic E-state index is 0.0294. The number of methoxy groups -OCH3 is 1. The number of anilines is 2.